The first-order valence-corrected chi connectivity index (χ1v) is 29.4. The Labute approximate surface area is 509 Å². The Morgan fingerprint density at radius 1 is 0.557 bits per heavy atom. The molecule has 2 aliphatic rings. The lowest BCUT2D eigenvalue weighted by Crippen LogP contribution is -2.51. The highest BCUT2D eigenvalue weighted by atomic mass is 32.2. The molecule has 4 aromatic rings. The van der Waals surface area contributed by atoms with Gasteiger partial charge in [0, 0.05) is 109 Å². The van der Waals surface area contributed by atoms with Gasteiger partial charge in [-0.15, -0.1) is 0 Å². The van der Waals surface area contributed by atoms with E-state index in [9.17, 15) is 70.7 Å². The average Bonchev–Trinajstić information content (AvgIpc) is 1.05. The minimum Gasteiger partial charge on any atom is -0.349 e. The molecule has 0 aliphatic carbocycles. The fourth-order valence-corrected chi connectivity index (χ4v) is 10.7. The first-order chi connectivity index (χ1) is 40.4. The van der Waals surface area contributed by atoms with E-state index in [0.717, 1.165) is 54.6 Å². The average molecular weight is 1280 g/mol. The van der Waals surface area contributed by atoms with Crippen LogP contribution >= 0.6 is 0 Å². The quantitative estimate of drug-likeness (QED) is 0.0527. The highest BCUT2D eigenvalue weighted by molar-refractivity contribution is 7.86. The maximum atomic E-state index is 13.8. The number of nitrogens with one attached hydrogen (secondary N) is 1. The van der Waals surface area contributed by atoms with Crippen LogP contribution in [-0.2, 0) is 61.4 Å². The zero-order valence-corrected chi connectivity index (χ0v) is 51.4. The summed E-state index contributed by atoms with van der Waals surface area (Å²) in [5.41, 5.74) is -5.08. The second-order valence-electron chi connectivity index (χ2n) is 21.6. The zero-order valence-electron chi connectivity index (χ0n) is 50.5. The van der Waals surface area contributed by atoms with E-state index in [1.54, 1.807) is 25.2 Å². The molecule has 4 aromatic carbocycles. The smallest absolute Gasteiger partial charge is 0.349 e. The molecule has 28 heteroatoms. The van der Waals surface area contributed by atoms with Gasteiger partial charge in [0.15, 0.2) is 18.0 Å². The summed E-state index contributed by atoms with van der Waals surface area (Å²) >= 11 is 0. The number of halogens is 12. The molecule has 2 amide bonds. The third-order valence-electron chi connectivity index (χ3n) is 14.6. The van der Waals surface area contributed by atoms with Gasteiger partial charge in [-0.2, -0.15) is 61.1 Å². The predicted octanol–water partition coefficient (Wildman–Crippen LogP) is 10.7. The number of hydrogen-bond donors (Lipinski definition) is 1. The van der Waals surface area contributed by atoms with Gasteiger partial charge in [-0.25, -0.2) is 0 Å². The van der Waals surface area contributed by atoms with Crippen LogP contribution in [0, 0.1) is 0 Å². The number of likely N-dealkylation sites (tertiary alicyclic amines) is 1. The third kappa shape index (κ3) is 22.7. The second-order valence-corrected chi connectivity index (χ2v) is 23.2. The molecule has 1 N–H and O–H groups in total. The molecule has 0 radical (unpaired) electrons. The Morgan fingerprint density at radius 2 is 0.898 bits per heavy atom. The number of alkyl halides is 12. The summed E-state index contributed by atoms with van der Waals surface area (Å²) < 4.78 is 186. The Bertz CT molecular complexity index is 2940. The molecule has 2 saturated heterocycles. The maximum Gasteiger partial charge on any atom is 0.416 e. The van der Waals surface area contributed by atoms with Crippen LogP contribution in [0.4, 0.5) is 52.7 Å². The Balaban J connectivity index is 0.000000381. The van der Waals surface area contributed by atoms with E-state index < -0.39 is 75.1 Å². The van der Waals surface area contributed by atoms with Gasteiger partial charge < -0.3 is 34.7 Å². The van der Waals surface area contributed by atoms with Gasteiger partial charge in [-0.1, -0.05) is 68.1 Å². The maximum absolute atomic E-state index is 13.8. The van der Waals surface area contributed by atoms with Crippen molar-refractivity contribution in [2.75, 3.05) is 116 Å². The Hall–Kier alpha value is -6.65. The van der Waals surface area contributed by atoms with Crippen molar-refractivity contribution in [2.24, 2.45) is 9.98 Å². The van der Waals surface area contributed by atoms with Gasteiger partial charge in [0.1, 0.15) is 6.04 Å². The van der Waals surface area contributed by atoms with Gasteiger partial charge >= 0.3 is 24.7 Å². The molecular formula is C60H82F12N10O5S. The van der Waals surface area contributed by atoms with Crippen LogP contribution in [0.1, 0.15) is 89.8 Å². The number of hydrogen-bond acceptors (Lipinski definition) is 9. The van der Waals surface area contributed by atoms with Crippen LogP contribution in [0.2, 0.25) is 0 Å². The summed E-state index contributed by atoms with van der Waals surface area (Å²) in [7, 11) is 14.4. The summed E-state index contributed by atoms with van der Waals surface area (Å²) in [4.78, 5) is 48.1. The summed E-state index contributed by atoms with van der Waals surface area (Å²) in [5, 5.41) is 3.38. The van der Waals surface area contributed by atoms with Crippen molar-refractivity contribution in [1.29, 1.82) is 0 Å². The summed E-state index contributed by atoms with van der Waals surface area (Å²) in [6.07, 6.45) is -17.1. The van der Waals surface area contributed by atoms with Crippen molar-refractivity contribution in [2.45, 2.75) is 94.9 Å². The fraction of sp³-hybridized carbons (Fsp3) is 0.533. The molecule has 88 heavy (non-hydrogen) atoms. The van der Waals surface area contributed by atoms with Crippen LogP contribution in [0.5, 0.6) is 0 Å². The van der Waals surface area contributed by atoms with Crippen molar-refractivity contribution in [3.63, 3.8) is 0 Å². The Morgan fingerprint density at radius 3 is 1.23 bits per heavy atom. The number of benzene rings is 4. The van der Waals surface area contributed by atoms with Crippen LogP contribution in [-0.4, -0.2) is 195 Å². The van der Waals surface area contributed by atoms with E-state index in [1.807, 2.05) is 77.5 Å². The summed E-state index contributed by atoms with van der Waals surface area (Å²) in [5.74, 6) is 0.818. The molecular weight excluding hydrogens is 1200 g/mol. The second kappa shape index (κ2) is 32.7. The molecule has 492 valence electrons. The molecule has 0 bridgehead atoms. The van der Waals surface area contributed by atoms with Crippen molar-refractivity contribution < 1.29 is 74.9 Å². The van der Waals surface area contributed by atoms with E-state index in [4.69, 9.17) is 4.18 Å². The number of carbonyl (C=O) groups is 2. The molecule has 0 spiro atoms. The number of likely N-dealkylation sites (N-methyl/N-ethyl adjacent to an activating group) is 2. The lowest BCUT2D eigenvalue weighted by molar-refractivity contribution is -0.144. The highest BCUT2D eigenvalue weighted by Crippen LogP contribution is 2.39. The van der Waals surface area contributed by atoms with E-state index >= 15 is 0 Å². The molecule has 0 saturated carbocycles. The first-order valence-electron chi connectivity index (χ1n) is 27.6. The number of nitrogens with zero attached hydrogens (tertiary/aromatic N) is 9. The van der Waals surface area contributed by atoms with Crippen LogP contribution in [0.15, 0.2) is 107 Å². The van der Waals surface area contributed by atoms with E-state index in [0.29, 0.717) is 43.4 Å². The summed E-state index contributed by atoms with van der Waals surface area (Å²) in [6.45, 7) is 3.17. The number of piperidine rings is 2. The highest BCUT2D eigenvalue weighted by Gasteiger charge is 2.40. The largest absolute Gasteiger partial charge is 0.416 e. The standard InChI is InChI=1S/C29H37F6N5O.C20H19F6NO4S.C10H22N4.CH4/c1-36-27(37(2)3)39(5)24-12-15-40(16-13-24)25(21-9-7-6-8-10-21)26(41)38(4)14-11-20-17-22(28(30,31)32)19-23(18-20)29(33,34)35;1-27(18(28)17(31-32(2,29)30)14-6-4-3-5-7-14)9-8-13-10-15(19(21,22)23)12-16(11-13)20(24,25)26;1-11-10(13(2)3)14(4)9-5-7-12-8-6-9;/h6-10,17-19,24-25H,11-16H2,1-5H3;3-7,10-12,17H,8-9H2,1-2H3;9,12H,5-8H2,1-4H3;1H4/t25-;17-;;/m01../s1. The van der Waals surface area contributed by atoms with Crippen molar-refractivity contribution in [3.8, 4) is 0 Å². The topological polar surface area (TPSA) is 137 Å². The SMILES string of the molecule is C.CN(CCc1cc(C(F)(F)F)cc(C(F)(F)F)c1)C(=O)[C@H](OS(C)(=O)=O)c1ccccc1.CN=C(N(C)C)N(C)C1CCN([C@H](C(=O)N(C)CCc2cc(C(F)(F)F)cc(C(F)(F)F)c2)c2ccccc2)CC1.CN=C(N(C)C)N(C)C1CCNCC1. The van der Waals surface area contributed by atoms with Gasteiger partial charge in [-0.05, 0) is 110 Å². The number of guanidine groups is 2. The molecule has 2 atom stereocenters. The van der Waals surface area contributed by atoms with E-state index in [2.05, 4.69) is 41.9 Å². The molecule has 2 fully saturated rings. The van der Waals surface area contributed by atoms with Gasteiger partial charge in [0.25, 0.3) is 16.0 Å². The molecule has 2 aliphatic heterocycles. The summed E-state index contributed by atoms with van der Waals surface area (Å²) in [6, 6.07) is 19.8. The third-order valence-corrected chi connectivity index (χ3v) is 15.1. The molecule has 0 unspecified atom stereocenters. The van der Waals surface area contributed by atoms with Gasteiger partial charge in [-0.3, -0.25) is 28.7 Å². The van der Waals surface area contributed by atoms with Crippen LogP contribution in [0.3, 0.4) is 0 Å². The Kier molecular flexibility index (Phi) is 28.1. The van der Waals surface area contributed by atoms with E-state index in [-0.39, 0.29) is 74.1 Å². The number of rotatable bonds is 15. The number of carbonyl (C=O) groups excluding carboxylic acids is 2. The van der Waals surface area contributed by atoms with E-state index in [1.165, 1.54) is 44.0 Å². The van der Waals surface area contributed by atoms with Crippen LogP contribution < -0.4 is 5.32 Å². The lowest BCUT2D eigenvalue weighted by Gasteiger charge is -2.42. The molecule has 6 rings (SSSR count). The van der Waals surface area contributed by atoms with Crippen molar-refractivity contribution in [1.82, 2.24) is 39.6 Å². The number of aliphatic imine (C=N–C) groups is 2. The number of amides is 2. The predicted molar refractivity (Wildman–Crippen MR) is 317 cm³/mol. The fourth-order valence-electron chi connectivity index (χ4n) is 10.1. The zero-order chi connectivity index (χ0) is 65.4. The van der Waals surface area contributed by atoms with Gasteiger partial charge in [0.05, 0.1) is 28.5 Å². The van der Waals surface area contributed by atoms with Crippen molar-refractivity contribution >= 4 is 33.9 Å². The first kappa shape index (κ1) is 75.6. The molecule has 0 aromatic heterocycles. The molecule has 15 nitrogen and oxygen atoms in total. The normalized spacial score (nSPS) is 15.7. The minimum atomic E-state index is -4.99. The van der Waals surface area contributed by atoms with Crippen LogP contribution in [0.25, 0.3) is 0 Å². The minimum absolute atomic E-state index is 0. The lowest BCUT2D eigenvalue weighted by atomic mass is 9.97. The van der Waals surface area contributed by atoms with Crippen molar-refractivity contribution in [3.05, 3.63) is 142 Å². The van der Waals surface area contributed by atoms with Gasteiger partial charge in [0.2, 0.25) is 5.91 Å². The molecule has 2 heterocycles. The monoisotopic (exact) mass is 1280 g/mol.